The van der Waals surface area contributed by atoms with Crippen molar-refractivity contribution >= 4 is 17.8 Å². The van der Waals surface area contributed by atoms with Crippen LogP contribution in [0, 0.1) is 5.92 Å². The highest BCUT2D eigenvalue weighted by atomic mass is 16.5. The van der Waals surface area contributed by atoms with Gasteiger partial charge in [0.25, 0.3) is 0 Å². The molecule has 7 heteroatoms. The zero-order chi connectivity index (χ0) is 17.2. The van der Waals surface area contributed by atoms with E-state index in [0.29, 0.717) is 32.5 Å². The topological polar surface area (TPSA) is 78.9 Å². The standard InChI is InChI=1S/C16H29N3O4/c1-4-18(5-2)11-9-17-14(20)15(21)19-10-7-8-13(12-19)16(22)23-6-3/h13H,4-12H2,1-3H3,(H,17,20). The van der Waals surface area contributed by atoms with Crippen molar-refractivity contribution in [1.29, 1.82) is 0 Å². The fraction of sp³-hybridized carbons (Fsp3) is 0.812. The van der Waals surface area contributed by atoms with Crippen LogP contribution in [0.5, 0.6) is 0 Å². The second-order valence-corrected chi connectivity index (χ2v) is 5.63. The highest BCUT2D eigenvalue weighted by Gasteiger charge is 2.31. The molecule has 1 atom stereocenters. The molecule has 1 rings (SSSR count). The Labute approximate surface area is 138 Å². The van der Waals surface area contributed by atoms with Gasteiger partial charge in [-0.15, -0.1) is 0 Å². The van der Waals surface area contributed by atoms with E-state index in [-0.39, 0.29) is 18.4 Å². The maximum atomic E-state index is 12.2. The van der Waals surface area contributed by atoms with Crippen LogP contribution in [0.25, 0.3) is 0 Å². The molecule has 1 fully saturated rings. The number of carbonyl (C=O) groups is 3. The Morgan fingerprint density at radius 1 is 1.22 bits per heavy atom. The quantitative estimate of drug-likeness (QED) is 0.535. The number of nitrogens with zero attached hydrogens (tertiary/aromatic N) is 2. The second kappa shape index (κ2) is 10.2. The number of piperidine rings is 1. The molecular weight excluding hydrogens is 298 g/mol. The predicted octanol–water partition coefficient (Wildman–Crippen LogP) is 0.246. The molecule has 1 aliphatic rings. The summed E-state index contributed by atoms with van der Waals surface area (Å²) in [6.45, 7) is 9.96. The van der Waals surface area contributed by atoms with E-state index in [1.54, 1.807) is 6.92 Å². The van der Waals surface area contributed by atoms with Crippen LogP contribution in [-0.4, -0.2) is 73.5 Å². The normalized spacial score (nSPS) is 17.9. The van der Waals surface area contributed by atoms with Crippen molar-refractivity contribution in [2.45, 2.75) is 33.6 Å². The number of ether oxygens (including phenoxy) is 1. The Balaban J connectivity index is 2.43. The molecule has 0 spiro atoms. The molecule has 1 aliphatic heterocycles. The maximum absolute atomic E-state index is 12.2. The number of nitrogens with one attached hydrogen (secondary N) is 1. The molecule has 0 aromatic rings. The summed E-state index contributed by atoms with van der Waals surface area (Å²) in [4.78, 5) is 39.6. The first kappa shape index (κ1) is 19.4. The maximum Gasteiger partial charge on any atom is 0.311 e. The summed E-state index contributed by atoms with van der Waals surface area (Å²) < 4.78 is 5.00. The van der Waals surface area contributed by atoms with Crippen LogP contribution in [-0.2, 0) is 19.1 Å². The Kier molecular flexibility index (Phi) is 8.61. The molecule has 0 aliphatic carbocycles. The number of esters is 1. The average molecular weight is 327 g/mol. The van der Waals surface area contributed by atoms with Gasteiger partial charge in [0.05, 0.1) is 12.5 Å². The van der Waals surface area contributed by atoms with Crippen molar-refractivity contribution in [2.24, 2.45) is 5.92 Å². The molecular formula is C16H29N3O4. The largest absolute Gasteiger partial charge is 0.466 e. The van der Waals surface area contributed by atoms with Crippen LogP contribution in [0.3, 0.4) is 0 Å². The van der Waals surface area contributed by atoms with Crippen molar-refractivity contribution in [1.82, 2.24) is 15.1 Å². The van der Waals surface area contributed by atoms with Gasteiger partial charge in [0.15, 0.2) is 0 Å². The van der Waals surface area contributed by atoms with Crippen LogP contribution in [0.1, 0.15) is 33.6 Å². The van der Waals surface area contributed by atoms with E-state index in [2.05, 4.69) is 24.1 Å². The summed E-state index contributed by atoms with van der Waals surface area (Å²) in [5.74, 6) is -1.76. The van der Waals surface area contributed by atoms with Gasteiger partial charge in [-0.25, -0.2) is 0 Å². The lowest BCUT2D eigenvalue weighted by Gasteiger charge is -2.31. The summed E-state index contributed by atoms with van der Waals surface area (Å²) >= 11 is 0. The minimum absolute atomic E-state index is 0.265. The van der Waals surface area contributed by atoms with E-state index >= 15 is 0 Å². The van der Waals surface area contributed by atoms with Crippen molar-refractivity contribution in [3.05, 3.63) is 0 Å². The van der Waals surface area contributed by atoms with Crippen molar-refractivity contribution < 1.29 is 19.1 Å². The van der Waals surface area contributed by atoms with Gasteiger partial charge >= 0.3 is 17.8 Å². The van der Waals surface area contributed by atoms with Crippen LogP contribution < -0.4 is 5.32 Å². The number of hydrogen-bond donors (Lipinski definition) is 1. The number of likely N-dealkylation sites (N-methyl/N-ethyl adjacent to an activating group) is 1. The zero-order valence-electron chi connectivity index (χ0n) is 14.5. The molecule has 1 unspecified atom stereocenters. The van der Waals surface area contributed by atoms with E-state index in [1.165, 1.54) is 4.90 Å². The van der Waals surface area contributed by atoms with Crippen LogP contribution in [0.2, 0.25) is 0 Å². The minimum Gasteiger partial charge on any atom is -0.466 e. The first-order valence-electron chi connectivity index (χ1n) is 8.49. The Morgan fingerprint density at radius 2 is 1.91 bits per heavy atom. The molecule has 2 amide bonds. The van der Waals surface area contributed by atoms with E-state index in [9.17, 15) is 14.4 Å². The second-order valence-electron chi connectivity index (χ2n) is 5.63. The van der Waals surface area contributed by atoms with Gasteiger partial charge in [0.2, 0.25) is 0 Å². The smallest absolute Gasteiger partial charge is 0.311 e. The average Bonchev–Trinajstić information content (AvgIpc) is 2.58. The summed E-state index contributed by atoms with van der Waals surface area (Å²) in [6, 6.07) is 0. The number of hydrogen-bond acceptors (Lipinski definition) is 5. The van der Waals surface area contributed by atoms with Gasteiger partial charge in [0, 0.05) is 26.2 Å². The molecule has 23 heavy (non-hydrogen) atoms. The van der Waals surface area contributed by atoms with Crippen LogP contribution in [0.4, 0.5) is 0 Å². The summed E-state index contributed by atoms with van der Waals surface area (Å²) in [7, 11) is 0. The van der Waals surface area contributed by atoms with Gasteiger partial charge in [-0.1, -0.05) is 13.8 Å². The molecule has 0 aromatic heterocycles. The summed E-state index contributed by atoms with van der Waals surface area (Å²) in [6.07, 6.45) is 1.41. The van der Waals surface area contributed by atoms with E-state index in [4.69, 9.17) is 4.74 Å². The third kappa shape index (κ3) is 6.17. The monoisotopic (exact) mass is 327 g/mol. The molecule has 7 nitrogen and oxygen atoms in total. The third-order valence-corrected chi connectivity index (χ3v) is 4.13. The van der Waals surface area contributed by atoms with Crippen molar-refractivity contribution in [3.63, 3.8) is 0 Å². The van der Waals surface area contributed by atoms with Gasteiger partial charge < -0.3 is 19.9 Å². The molecule has 1 N–H and O–H groups in total. The van der Waals surface area contributed by atoms with Gasteiger partial charge in [-0.2, -0.15) is 0 Å². The fourth-order valence-electron chi connectivity index (χ4n) is 2.70. The van der Waals surface area contributed by atoms with Gasteiger partial charge in [0.1, 0.15) is 0 Å². The minimum atomic E-state index is -0.596. The molecule has 0 bridgehead atoms. The summed E-state index contributed by atoms with van der Waals surface area (Å²) in [5, 5.41) is 2.66. The van der Waals surface area contributed by atoms with Gasteiger partial charge in [-0.3, -0.25) is 14.4 Å². The SMILES string of the molecule is CCOC(=O)C1CCCN(C(=O)C(=O)NCCN(CC)CC)C1. The highest BCUT2D eigenvalue weighted by Crippen LogP contribution is 2.18. The Morgan fingerprint density at radius 3 is 2.52 bits per heavy atom. The lowest BCUT2D eigenvalue weighted by atomic mass is 9.98. The van der Waals surface area contributed by atoms with Gasteiger partial charge in [-0.05, 0) is 32.9 Å². The van der Waals surface area contributed by atoms with E-state index in [0.717, 1.165) is 19.6 Å². The van der Waals surface area contributed by atoms with Crippen molar-refractivity contribution in [2.75, 3.05) is 45.9 Å². The molecule has 1 saturated heterocycles. The molecule has 0 aromatic carbocycles. The molecule has 1 heterocycles. The first-order valence-corrected chi connectivity index (χ1v) is 8.49. The zero-order valence-corrected chi connectivity index (χ0v) is 14.5. The first-order chi connectivity index (χ1) is 11.0. The number of carbonyl (C=O) groups excluding carboxylic acids is 3. The predicted molar refractivity (Wildman–Crippen MR) is 86.7 cm³/mol. The number of rotatable bonds is 7. The molecule has 132 valence electrons. The lowest BCUT2D eigenvalue weighted by Crippen LogP contribution is -2.49. The Hall–Kier alpha value is -1.63. The van der Waals surface area contributed by atoms with E-state index in [1.807, 2.05) is 0 Å². The van der Waals surface area contributed by atoms with Crippen LogP contribution in [0.15, 0.2) is 0 Å². The fourth-order valence-corrected chi connectivity index (χ4v) is 2.70. The number of amides is 2. The third-order valence-electron chi connectivity index (χ3n) is 4.13. The highest BCUT2D eigenvalue weighted by molar-refractivity contribution is 6.35. The Bertz CT molecular complexity index is 410. The number of likely N-dealkylation sites (tertiary alicyclic amines) is 1. The van der Waals surface area contributed by atoms with Crippen molar-refractivity contribution in [3.8, 4) is 0 Å². The summed E-state index contributed by atoms with van der Waals surface area (Å²) in [5.41, 5.74) is 0. The molecule has 0 radical (unpaired) electrons. The van der Waals surface area contributed by atoms with E-state index < -0.39 is 11.8 Å². The van der Waals surface area contributed by atoms with Crippen LogP contribution >= 0.6 is 0 Å². The molecule has 0 saturated carbocycles. The lowest BCUT2D eigenvalue weighted by molar-refractivity contribution is -0.154.